The lowest BCUT2D eigenvalue weighted by atomic mass is 10.0. The minimum absolute atomic E-state index is 0.0128. The number of hydrogen-bond acceptors (Lipinski definition) is 10. The van der Waals surface area contributed by atoms with E-state index in [1.165, 1.54) is 167 Å². The highest BCUT2D eigenvalue weighted by Crippen LogP contribution is 2.17. The number of hydrogen-bond donors (Lipinski definition) is 4. The Hall–Kier alpha value is -1.03. The molecule has 0 aliphatic carbocycles. The second-order valence-corrected chi connectivity index (χ2v) is 18.0. The molecule has 0 spiro atoms. The van der Waals surface area contributed by atoms with Gasteiger partial charge in [0, 0.05) is 10.4 Å². The molecule has 0 bridgehead atoms. The third-order valence-electron chi connectivity index (χ3n) is 11.6. The average Bonchev–Trinajstić information content (AvgIpc) is 3.17. The Morgan fingerprint density at radius 2 is 0.525 bits per heavy atom. The van der Waals surface area contributed by atoms with E-state index in [4.69, 9.17) is 37.9 Å². The van der Waals surface area contributed by atoms with Gasteiger partial charge in [-0.25, -0.2) is 9.59 Å². The molecule has 0 unspecified atom stereocenters. The largest absolute Gasteiger partial charge is 0.759 e. The van der Waals surface area contributed by atoms with Crippen LogP contribution in [0.5, 0.6) is 0 Å². The van der Waals surface area contributed by atoms with Crippen molar-refractivity contribution in [2.24, 2.45) is 0 Å². The lowest BCUT2D eigenvalue weighted by Crippen LogP contribution is -2.52. The molecule has 0 aliphatic heterocycles. The third kappa shape index (κ3) is 46.3. The van der Waals surface area contributed by atoms with Crippen LogP contribution in [-0.2, 0) is 20.0 Å². The van der Waals surface area contributed by atoms with Crippen molar-refractivity contribution < 1.29 is 56.5 Å². The van der Waals surface area contributed by atoms with E-state index in [-0.39, 0.29) is 47.2 Å². The van der Waals surface area contributed by atoms with Crippen LogP contribution in [0.3, 0.4) is 0 Å². The molecule has 356 valence electrons. The van der Waals surface area contributed by atoms with E-state index in [1.54, 1.807) is 0 Å². The molecule has 59 heavy (non-hydrogen) atoms. The molecule has 0 saturated heterocycles. The van der Waals surface area contributed by atoms with Crippen LogP contribution in [0.25, 0.3) is 0 Å². The molecule has 0 fully saturated rings. The maximum atomic E-state index is 12.3. The van der Waals surface area contributed by atoms with Gasteiger partial charge in [0.1, 0.15) is 26.2 Å². The smallest absolute Gasteiger partial charge is 0.313 e. The zero-order valence-electron chi connectivity index (χ0n) is 38.8. The molecular weight excluding hydrogens is 773 g/mol. The van der Waals surface area contributed by atoms with Gasteiger partial charge in [0.2, 0.25) is 0 Å². The number of unbranched alkanes of at least 4 members (excludes halogenated alkanes) is 28. The molecule has 0 aromatic rings. The maximum absolute atomic E-state index is 12.3. The number of quaternary nitrogens is 2. The third-order valence-corrected chi connectivity index (χ3v) is 11.6. The number of aliphatic hydroxyl groups is 4. The van der Waals surface area contributed by atoms with Crippen LogP contribution >= 0.6 is 0 Å². The number of amides is 2. The summed E-state index contributed by atoms with van der Waals surface area (Å²) >= 11 is 0. The van der Waals surface area contributed by atoms with Gasteiger partial charge in [0.15, 0.2) is 0 Å². The number of nitrogens with zero attached hydrogens (tertiary/aromatic N) is 2. The molecule has 12 nitrogen and oxygen atoms in total. The minimum Gasteiger partial charge on any atom is -0.759 e. The van der Waals surface area contributed by atoms with Crippen molar-refractivity contribution >= 4 is 22.2 Å². The summed E-state index contributed by atoms with van der Waals surface area (Å²) in [7, 11) is -1.53. The first-order chi connectivity index (χ1) is 28.2. The Morgan fingerprint density at radius 3 is 0.678 bits per heavy atom. The van der Waals surface area contributed by atoms with Crippen LogP contribution in [0.1, 0.15) is 219 Å². The fraction of sp³-hybridized carbons (Fsp3) is 0.957. The summed E-state index contributed by atoms with van der Waals surface area (Å²) in [5.41, 5.74) is 0. The molecule has 4 N–H and O–H groups in total. The minimum atomic E-state index is -5.17. The predicted molar refractivity (Wildman–Crippen MR) is 240 cm³/mol. The highest BCUT2D eigenvalue weighted by Gasteiger charge is 2.30. The summed E-state index contributed by atoms with van der Waals surface area (Å²) in [6.07, 6.45) is 40.8. The Bertz CT molecular complexity index is 932. The molecule has 0 aromatic heterocycles. The Labute approximate surface area is 363 Å². The van der Waals surface area contributed by atoms with Crippen molar-refractivity contribution in [2.75, 3.05) is 66.7 Å². The van der Waals surface area contributed by atoms with Crippen molar-refractivity contribution in [1.82, 2.24) is 0 Å². The SMILES string of the molecule is CCCCCCCCCCCCCCCCCC(=O)[N+](C)(CCO)CCO.CCCCCCCCCCCCCCCCCC(=O)[N+](C)(CCO)CCO.O=S(=O)([O-])[O-]. The van der Waals surface area contributed by atoms with Gasteiger partial charge < -0.3 is 29.5 Å². The van der Waals surface area contributed by atoms with Crippen LogP contribution in [0.4, 0.5) is 0 Å². The van der Waals surface area contributed by atoms with Gasteiger partial charge in [-0.1, -0.05) is 194 Å². The van der Waals surface area contributed by atoms with Gasteiger partial charge in [0.05, 0.1) is 53.4 Å². The molecule has 13 heteroatoms. The van der Waals surface area contributed by atoms with Crippen LogP contribution in [0, 0.1) is 0 Å². The highest BCUT2D eigenvalue weighted by molar-refractivity contribution is 7.79. The molecular formula is C46H96N2O10S. The predicted octanol–water partition coefficient (Wildman–Crippen LogP) is 9.07. The fourth-order valence-electron chi connectivity index (χ4n) is 7.44. The van der Waals surface area contributed by atoms with Crippen molar-refractivity contribution in [2.45, 2.75) is 219 Å². The van der Waals surface area contributed by atoms with E-state index in [0.717, 1.165) is 25.7 Å². The number of aliphatic hydroxyl groups excluding tert-OH is 4. The molecule has 0 atom stereocenters. The first-order valence-electron chi connectivity index (χ1n) is 24.1. The normalized spacial score (nSPS) is 11.8. The van der Waals surface area contributed by atoms with E-state index >= 15 is 0 Å². The Kier molecular flexibility index (Phi) is 47.5. The number of rotatable bonds is 40. The lowest BCUT2D eigenvalue weighted by molar-refractivity contribution is -0.836. The van der Waals surface area contributed by atoms with Gasteiger partial charge >= 0.3 is 11.8 Å². The number of carbonyl (C=O) groups excluding carboxylic acids is 2. The second-order valence-electron chi connectivity index (χ2n) is 17.2. The molecule has 0 aromatic carbocycles. The fourth-order valence-corrected chi connectivity index (χ4v) is 7.44. The average molecular weight is 869 g/mol. The first-order valence-corrected chi connectivity index (χ1v) is 25.4. The van der Waals surface area contributed by atoms with Crippen molar-refractivity contribution in [3.05, 3.63) is 0 Å². The zero-order valence-corrected chi connectivity index (χ0v) is 39.6. The summed E-state index contributed by atoms with van der Waals surface area (Å²) in [6.45, 7) is 6.09. The first kappa shape index (κ1) is 62.3. The quantitative estimate of drug-likeness (QED) is 0.0200. The molecule has 0 heterocycles. The summed E-state index contributed by atoms with van der Waals surface area (Å²) in [4.78, 5) is 24.7. The molecule has 0 radical (unpaired) electrons. The van der Waals surface area contributed by atoms with E-state index in [1.807, 2.05) is 14.1 Å². The van der Waals surface area contributed by atoms with Gasteiger partial charge in [-0.15, -0.1) is 0 Å². The van der Waals surface area contributed by atoms with Crippen LogP contribution in [0.15, 0.2) is 0 Å². The number of likely N-dealkylation sites (N-methyl/N-ethyl adjacent to an activating group) is 2. The van der Waals surface area contributed by atoms with Gasteiger partial charge in [-0.05, 0) is 12.8 Å². The van der Waals surface area contributed by atoms with E-state index in [0.29, 0.717) is 39.0 Å². The monoisotopic (exact) mass is 869 g/mol. The Morgan fingerprint density at radius 1 is 0.373 bits per heavy atom. The van der Waals surface area contributed by atoms with Crippen LogP contribution < -0.4 is 0 Å². The van der Waals surface area contributed by atoms with Crippen molar-refractivity contribution in [3.8, 4) is 0 Å². The second kappa shape index (κ2) is 45.0. The zero-order chi connectivity index (χ0) is 44.9. The summed E-state index contributed by atoms with van der Waals surface area (Å²) in [6, 6.07) is 0. The van der Waals surface area contributed by atoms with Crippen LogP contribution in [-0.4, -0.2) is 125 Å². The molecule has 0 rings (SSSR count). The standard InChI is InChI=1S/2C23H48NO3.H2O4S/c2*1-3-4-5-6-7-8-9-10-11-12-13-14-15-16-17-18-23(27)24(2,19-21-25)20-22-26;1-5(2,3)4/h2*25-26H,3-22H2,1-2H3;(H2,1,2,3,4)/q2*+1;/p-2. The molecule has 0 aliphatic rings. The van der Waals surface area contributed by atoms with Gasteiger partial charge in [-0.3, -0.25) is 17.4 Å². The maximum Gasteiger partial charge on any atom is 0.313 e. The summed E-state index contributed by atoms with van der Waals surface area (Å²) in [5, 5.41) is 36.5. The van der Waals surface area contributed by atoms with Crippen LogP contribution in [0.2, 0.25) is 0 Å². The highest BCUT2D eigenvalue weighted by atomic mass is 32.3. The van der Waals surface area contributed by atoms with Crippen molar-refractivity contribution in [3.63, 3.8) is 0 Å². The van der Waals surface area contributed by atoms with Crippen molar-refractivity contribution in [1.29, 1.82) is 0 Å². The molecule has 0 saturated carbocycles. The Balaban J connectivity index is -0.000000951. The topological polar surface area (TPSA) is 195 Å². The van der Waals surface area contributed by atoms with Gasteiger partial charge in [0.25, 0.3) is 0 Å². The summed E-state index contributed by atoms with van der Waals surface area (Å²) < 4.78 is 34.4. The van der Waals surface area contributed by atoms with E-state index < -0.39 is 10.4 Å². The summed E-state index contributed by atoms with van der Waals surface area (Å²) in [5.74, 6) is 0.292. The number of carbonyl (C=O) groups is 2. The van der Waals surface area contributed by atoms with E-state index in [9.17, 15) is 9.59 Å². The lowest BCUT2D eigenvalue weighted by Gasteiger charge is -2.30. The molecule has 2 amide bonds. The van der Waals surface area contributed by atoms with Gasteiger partial charge in [-0.2, -0.15) is 0 Å². The van der Waals surface area contributed by atoms with E-state index in [2.05, 4.69) is 13.8 Å².